The Bertz CT molecular complexity index is 1200. The molecule has 0 spiro atoms. The molecule has 0 atom stereocenters. The lowest BCUT2D eigenvalue weighted by Gasteiger charge is -2.18. The predicted octanol–water partition coefficient (Wildman–Crippen LogP) is 5.00. The number of ether oxygens (including phenoxy) is 1. The van der Waals surface area contributed by atoms with Crippen molar-refractivity contribution in [3.63, 3.8) is 0 Å². The molecule has 0 radical (unpaired) electrons. The Morgan fingerprint density at radius 3 is 2.18 bits per heavy atom. The highest BCUT2D eigenvalue weighted by atomic mass is 19.1. The third kappa shape index (κ3) is 2.95. The molecule has 1 heterocycles. The normalized spacial score (nSPS) is 11.0. The van der Waals surface area contributed by atoms with Crippen LogP contribution >= 0.6 is 0 Å². The van der Waals surface area contributed by atoms with E-state index in [1.54, 1.807) is 12.1 Å². The second-order valence-electron chi connectivity index (χ2n) is 6.38. The summed E-state index contributed by atoms with van der Waals surface area (Å²) in [6.45, 7) is -0.233. The summed E-state index contributed by atoms with van der Waals surface area (Å²) < 4.78 is 35.2. The Balaban J connectivity index is 2.05. The quantitative estimate of drug-likeness (QED) is 0.501. The number of nitrogens with zero attached hydrogens (tertiary/aromatic N) is 1. The summed E-state index contributed by atoms with van der Waals surface area (Å²) in [4.78, 5) is 13.2. The van der Waals surface area contributed by atoms with Gasteiger partial charge < -0.3 is 9.30 Å². The minimum Gasteiger partial charge on any atom is -0.491 e. The highest BCUT2D eigenvalue weighted by Gasteiger charge is 2.20. The van der Waals surface area contributed by atoms with Gasteiger partial charge in [-0.25, -0.2) is 8.78 Å². The molecule has 0 saturated carbocycles. The van der Waals surface area contributed by atoms with Crippen molar-refractivity contribution in [1.29, 1.82) is 0 Å². The Hall–Kier alpha value is -3.47. The number of fused-ring (bicyclic) bond motifs is 1. The number of methoxy groups -OCH3 is 1. The lowest BCUT2D eigenvalue weighted by atomic mass is 9.99. The fourth-order valence-electron chi connectivity index (χ4n) is 3.46. The molecule has 0 unspecified atom stereocenters. The predicted molar refractivity (Wildman–Crippen MR) is 106 cm³/mol. The van der Waals surface area contributed by atoms with Gasteiger partial charge in [-0.05, 0) is 23.8 Å². The van der Waals surface area contributed by atoms with Crippen molar-refractivity contribution >= 4 is 10.9 Å². The van der Waals surface area contributed by atoms with Crippen molar-refractivity contribution < 1.29 is 13.5 Å². The van der Waals surface area contributed by atoms with Crippen LogP contribution in [-0.2, 0) is 6.54 Å². The van der Waals surface area contributed by atoms with Crippen LogP contribution in [0.5, 0.6) is 5.75 Å². The maximum absolute atomic E-state index is 14.2. The summed E-state index contributed by atoms with van der Waals surface area (Å²) in [5.74, 6) is -1.24. The summed E-state index contributed by atoms with van der Waals surface area (Å²) in [7, 11) is 1.42. The van der Waals surface area contributed by atoms with Crippen LogP contribution in [0.25, 0.3) is 22.0 Å². The molecule has 0 N–H and O–H groups in total. The second-order valence-corrected chi connectivity index (χ2v) is 6.38. The van der Waals surface area contributed by atoms with E-state index in [2.05, 4.69) is 0 Å². The first kappa shape index (κ1) is 17.9. The topological polar surface area (TPSA) is 31.2 Å². The summed E-state index contributed by atoms with van der Waals surface area (Å²) in [6, 6.07) is 20.4. The molecule has 0 saturated heterocycles. The van der Waals surface area contributed by atoms with Crippen LogP contribution in [0.1, 0.15) is 5.56 Å². The van der Waals surface area contributed by atoms with Gasteiger partial charge in [0, 0.05) is 16.5 Å². The van der Waals surface area contributed by atoms with Crippen molar-refractivity contribution in [1.82, 2.24) is 4.57 Å². The first-order valence-corrected chi connectivity index (χ1v) is 8.79. The summed E-state index contributed by atoms with van der Waals surface area (Å²) in [5.41, 5.74) is 1.47. The third-order valence-corrected chi connectivity index (χ3v) is 4.78. The zero-order chi connectivity index (χ0) is 19.7. The molecule has 3 nitrogen and oxygen atoms in total. The molecule has 4 aromatic rings. The number of halogens is 2. The van der Waals surface area contributed by atoms with Crippen LogP contribution in [0.4, 0.5) is 8.78 Å². The average molecular weight is 377 g/mol. The number of para-hydroxylation sites is 1. The van der Waals surface area contributed by atoms with Crippen LogP contribution < -0.4 is 10.3 Å². The summed E-state index contributed by atoms with van der Waals surface area (Å²) in [5, 5.41) is 0.766. The van der Waals surface area contributed by atoms with Gasteiger partial charge in [-0.2, -0.15) is 0 Å². The van der Waals surface area contributed by atoms with Crippen molar-refractivity contribution in [2.75, 3.05) is 7.11 Å². The van der Waals surface area contributed by atoms with Gasteiger partial charge in [0.1, 0.15) is 11.6 Å². The monoisotopic (exact) mass is 377 g/mol. The first-order chi connectivity index (χ1) is 13.6. The number of aromatic nitrogens is 1. The second kappa shape index (κ2) is 7.27. The highest BCUT2D eigenvalue weighted by Crippen LogP contribution is 2.34. The zero-order valence-corrected chi connectivity index (χ0v) is 15.2. The van der Waals surface area contributed by atoms with E-state index in [0.29, 0.717) is 11.1 Å². The van der Waals surface area contributed by atoms with Gasteiger partial charge in [-0.15, -0.1) is 0 Å². The van der Waals surface area contributed by atoms with E-state index >= 15 is 0 Å². The highest BCUT2D eigenvalue weighted by molar-refractivity contribution is 5.97. The molecule has 0 amide bonds. The van der Waals surface area contributed by atoms with Gasteiger partial charge in [0.15, 0.2) is 5.75 Å². The zero-order valence-electron chi connectivity index (χ0n) is 15.2. The van der Waals surface area contributed by atoms with E-state index in [0.717, 1.165) is 10.9 Å². The van der Waals surface area contributed by atoms with Gasteiger partial charge in [-0.1, -0.05) is 54.6 Å². The van der Waals surface area contributed by atoms with Crippen molar-refractivity contribution in [2.24, 2.45) is 0 Å². The molecule has 28 heavy (non-hydrogen) atoms. The summed E-state index contributed by atoms with van der Waals surface area (Å²) in [6.07, 6.45) is 0. The van der Waals surface area contributed by atoms with Gasteiger partial charge in [0.2, 0.25) is 0 Å². The Labute approximate surface area is 160 Å². The fraction of sp³-hybridized carbons (Fsp3) is 0.0870. The Morgan fingerprint density at radius 1 is 0.857 bits per heavy atom. The summed E-state index contributed by atoms with van der Waals surface area (Å²) >= 11 is 0. The maximum atomic E-state index is 14.2. The molecule has 1 aromatic heterocycles. The average Bonchev–Trinajstić information content (AvgIpc) is 2.72. The molecule has 0 fully saturated rings. The van der Waals surface area contributed by atoms with E-state index in [1.165, 1.54) is 29.9 Å². The van der Waals surface area contributed by atoms with Crippen LogP contribution in [-0.4, -0.2) is 11.7 Å². The van der Waals surface area contributed by atoms with Crippen LogP contribution in [0.2, 0.25) is 0 Å². The molecule has 5 heteroatoms. The van der Waals surface area contributed by atoms with E-state index in [-0.39, 0.29) is 17.9 Å². The van der Waals surface area contributed by atoms with E-state index in [9.17, 15) is 13.6 Å². The third-order valence-electron chi connectivity index (χ3n) is 4.78. The first-order valence-electron chi connectivity index (χ1n) is 8.79. The minimum atomic E-state index is -0.693. The lowest BCUT2D eigenvalue weighted by Crippen LogP contribution is -2.24. The van der Waals surface area contributed by atoms with Crippen LogP contribution in [0, 0.1) is 11.6 Å². The van der Waals surface area contributed by atoms with E-state index < -0.39 is 17.2 Å². The van der Waals surface area contributed by atoms with Crippen molar-refractivity contribution in [3.8, 4) is 16.9 Å². The van der Waals surface area contributed by atoms with Crippen LogP contribution in [0.3, 0.4) is 0 Å². The van der Waals surface area contributed by atoms with E-state index in [1.807, 2.05) is 42.5 Å². The molecular weight excluding hydrogens is 360 g/mol. The van der Waals surface area contributed by atoms with Gasteiger partial charge in [0.05, 0.1) is 19.2 Å². The van der Waals surface area contributed by atoms with Gasteiger partial charge >= 0.3 is 0 Å². The van der Waals surface area contributed by atoms with Gasteiger partial charge in [-0.3, -0.25) is 4.79 Å². The largest absolute Gasteiger partial charge is 0.491 e. The number of hydrogen-bond donors (Lipinski definition) is 0. The standard InChI is InChI=1S/C23H17F2NO2/c1-28-22-21(15-8-3-2-4-9-15)16-10-5-6-13-20(16)26(23(22)27)14-17-18(24)11-7-12-19(17)25/h2-13H,14H2,1H3. The number of benzene rings is 3. The SMILES string of the molecule is COc1c(-c2ccccc2)c2ccccc2n(Cc2c(F)cccc2F)c1=O. The number of hydrogen-bond acceptors (Lipinski definition) is 2. The molecule has 4 rings (SSSR count). The Morgan fingerprint density at radius 2 is 1.50 bits per heavy atom. The number of rotatable bonds is 4. The van der Waals surface area contributed by atoms with Crippen LogP contribution in [0.15, 0.2) is 77.6 Å². The Kier molecular flexibility index (Phi) is 4.65. The maximum Gasteiger partial charge on any atom is 0.294 e. The van der Waals surface area contributed by atoms with Crippen molar-refractivity contribution in [3.05, 3.63) is 100 Å². The lowest BCUT2D eigenvalue weighted by molar-refractivity contribution is 0.406. The molecule has 0 aliphatic rings. The fourth-order valence-corrected chi connectivity index (χ4v) is 3.46. The molecule has 0 aliphatic carbocycles. The van der Waals surface area contributed by atoms with E-state index in [4.69, 9.17) is 4.74 Å². The molecule has 0 bridgehead atoms. The smallest absolute Gasteiger partial charge is 0.294 e. The molecule has 0 aliphatic heterocycles. The molecule has 140 valence electrons. The number of pyridine rings is 1. The van der Waals surface area contributed by atoms with Crippen molar-refractivity contribution in [2.45, 2.75) is 6.54 Å². The molecular formula is C23H17F2NO2. The van der Waals surface area contributed by atoms with Gasteiger partial charge in [0.25, 0.3) is 5.56 Å². The molecule has 3 aromatic carbocycles. The minimum absolute atomic E-state index is 0.140.